The number of hydrogen-bond acceptors (Lipinski definition) is 3. The first kappa shape index (κ1) is 19.8. The molecule has 2 aliphatic rings. The van der Waals surface area contributed by atoms with E-state index in [4.69, 9.17) is 27.9 Å². The molecule has 1 saturated heterocycles. The number of nitrogens with zero attached hydrogens (tertiary/aromatic N) is 2. The number of likely N-dealkylation sites (tertiary alicyclic amines) is 1. The number of ether oxygens (including phenoxy) is 1. The van der Waals surface area contributed by atoms with Gasteiger partial charge >= 0.3 is 0 Å². The lowest BCUT2D eigenvalue weighted by atomic mass is 9.79. The first-order chi connectivity index (χ1) is 12.5. The van der Waals surface area contributed by atoms with Crippen LogP contribution in [0.5, 0.6) is 5.75 Å². The van der Waals surface area contributed by atoms with Crippen LogP contribution in [0, 0.1) is 5.92 Å². The van der Waals surface area contributed by atoms with Crippen molar-refractivity contribution in [1.82, 2.24) is 9.80 Å². The molecule has 1 saturated carbocycles. The van der Waals surface area contributed by atoms with Crippen molar-refractivity contribution in [2.24, 2.45) is 5.92 Å². The lowest BCUT2D eigenvalue weighted by Crippen LogP contribution is -2.52. The van der Waals surface area contributed by atoms with Crippen molar-refractivity contribution < 1.29 is 9.53 Å². The van der Waals surface area contributed by atoms with E-state index < -0.39 is 6.10 Å². The predicted octanol–water partition coefficient (Wildman–Crippen LogP) is 4.48. The molecule has 1 aromatic carbocycles. The van der Waals surface area contributed by atoms with E-state index in [9.17, 15) is 4.79 Å². The molecule has 1 aromatic rings. The van der Waals surface area contributed by atoms with Crippen LogP contribution in [0.25, 0.3) is 0 Å². The number of amides is 1. The maximum atomic E-state index is 13.0. The Balaban J connectivity index is 1.90. The molecule has 3 rings (SSSR count). The van der Waals surface area contributed by atoms with Crippen LogP contribution in [-0.2, 0) is 4.79 Å². The fourth-order valence-corrected chi connectivity index (χ4v) is 4.80. The third kappa shape index (κ3) is 4.29. The van der Waals surface area contributed by atoms with E-state index >= 15 is 0 Å². The molecule has 6 heteroatoms. The Morgan fingerprint density at radius 3 is 2.35 bits per heavy atom. The summed E-state index contributed by atoms with van der Waals surface area (Å²) in [5.41, 5.74) is 0. The fourth-order valence-electron chi connectivity index (χ4n) is 4.32. The maximum absolute atomic E-state index is 13.0. The van der Waals surface area contributed by atoms with E-state index in [0.29, 0.717) is 21.8 Å². The lowest BCUT2D eigenvalue weighted by molar-refractivity contribution is -0.140. The number of hydrogen-bond donors (Lipinski definition) is 0. The highest BCUT2D eigenvalue weighted by Gasteiger charge is 2.41. The van der Waals surface area contributed by atoms with Gasteiger partial charge in [0.15, 0.2) is 11.9 Å². The Labute approximate surface area is 166 Å². The van der Waals surface area contributed by atoms with Crippen LogP contribution in [-0.4, -0.2) is 55.0 Å². The standard InChI is InChI=1S/C20H28Cl2N2O2/c1-23(2)20(25)18(26-19-15(21)9-7-10-16(19)22)14-8-3-4-11-17(14)24-12-5-6-13-24/h7,9-10,14,17-18H,3-6,8,11-13H2,1-2H3/t14-,17-,18?/m1/s1. The minimum atomic E-state index is -0.562. The molecular formula is C20H28Cl2N2O2. The first-order valence-electron chi connectivity index (χ1n) is 9.55. The molecule has 144 valence electrons. The topological polar surface area (TPSA) is 32.8 Å². The van der Waals surface area contributed by atoms with E-state index in [-0.39, 0.29) is 11.8 Å². The summed E-state index contributed by atoms with van der Waals surface area (Å²) in [6.07, 6.45) is 6.39. The molecule has 0 aromatic heterocycles. The van der Waals surface area contributed by atoms with Gasteiger partial charge in [-0.25, -0.2) is 0 Å². The minimum Gasteiger partial charge on any atom is -0.477 e. The first-order valence-corrected chi connectivity index (χ1v) is 10.3. The van der Waals surface area contributed by atoms with Crippen molar-refractivity contribution in [2.45, 2.75) is 50.7 Å². The van der Waals surface area contributed by atoms with Crippen molar-refractivity contribution in [3.05, 3.63) is 28.2 Å². The van der Waals surface area contributed by atoms with Crippen molar-refractivity contribution >= 4 is 29.1 Å². The summed E-state index contributed by atoms with van der Waals surface area (Å²) in [6.45, 7) is 2.24. The highest BCUT2D eigenvalue weighted by Crippen LogP contribution is 2.38. The highest BCUT2D eigenvalue weighted by molar-refractivity contribution is 6.37. The van der Waals surface area contributed by atoms with E-state index in [2.05, 4.69) is 4.90 Å². The normalized spacial score (nSPS) is 25.1. The number of likely N-dealkylation sites (N-methyl/N-ethyl adjacent to an activating group) is 1. The number of halogens is 2. The zero-order valence-electron chi connectivity index (χ0n) is 15.6. The zero-order valence-corrected chi connectivity index (χ0v) is 17.1. The average Bonchev–Trinajstić information content (AvgIpc) is 3.15. The third-order valence-corrected chi connectivity index (χ3v) is 6.22. The third-order valence-electron chi connectivity index (χ3n) is 5.63. The van der Waals surface area contributed by atoms with E-state index in [1.54, 1.807) is 37.2 Å². The summed E-state index contributed by atoms with van der Waals surface area (Å²) in [6, 6.07) is 5.67. The maximum Gasteiger partial charge on any atom is 0.263 e. The second-order valence-corrected chi connectivity index (χ2v) is 8.40. The predicted molar refractivity (Wildman–Crippen MR) is 106 cm³/mol. The summed E-state index contributed by atoms with van der Waals surface area (Å²) in [5, 5.41) is 0.894. The summed E-state index contributed by atoms with van der Waals surface area (Å²) in [7, 11) is 3.56. The minimum absolute atomic E-state index is 0.0166. The smallest absolute Gasteiger partial charge is 0.263 e. The number of rotatable bonds is 5. The Morgan fingerprint density at radius 1 is 1.12 bits per heavy atom. The van der Waals surface area contributed by atoms with Gasteiger partial charge in [-0.3, -0.25) is 9.69 Å². The monoisotopic (exact) mass is 398 g/mol. The second kappa shape index (κ2) is 8.81. The van der Waals surface area contributed by atoms with E-state index in [1.165, 1.54) is 19.3 Å². The molecule has 1 aliphatic carbocycles. The van der Waals surface area contributed by atoms with Crippen LogP contribution < -0.4 is 4.74 Å². The summed E-state index contributed by atoms with van der Waals surface area (Å²) in [5.74, 6) is 0.558. The Hall–Kier alpha value is -0.970. The fraction of sp³-hybridized carbons (Fsp3) is 0.650. The van der Waals surface area contributed by atoms with Gasteiger partial charge in [-0.2, -0.15) is 0 Å². The Kier molecular flexibility index (Phi) is 6.70. The molecular weight excluding hydrogens is 371 g/mol. The molecule has 26 heavy (non-hydrogen) atoms. The van der Waals surface area contributed by atoms with Crippen LogP contribution in [0.2, 0.25) is 10.0 Å². The SMILES string of the molecule is CN(C)C(=O)C(Oc1c(Cl)cccc1Cl)[C@@H]1CCCC[C@H]1N1CCCC1. The van der Waals surface area contributed by atoms with Gasteiger partial charge in [0.2, 0.25) is 0 Å². The highest BCUT2D eigenvalue weighted by atomic mass is 35.5. The molecule has 1 heterocycles. The molecule has 0 spiro atoms. The molecule has 3 atom stereocenters. The van der Waals surface area contributed by atoms with E-state index in [1.807, 2.05) is 0 Å². The number of carbonyl (C=O) groups is 1. The largest absolute Gasteiger partial charge is 0.477 e. The van der Waals surface area contributed by atoms with Crippen molar-refractivity contribution in [3.8, 4) is 5.75 Å². The molecule has 0 N–H and O–H groups in total. The molecule has 1 aliphatic heterocycles. The molecule has 1 amide bonds. The van der Waals surface area contributed by atoms with Gasteiger partial charge in [0.05, 0.1) is 10.0 Å². The van der Waals surface area contributed by atoms with Gasteiger partial charge in [0.25, 0.3) is 5.91 Å². The molecule has 2 fully saturated rings. The Bertz CT molecular complexity index is 612. The van der Waals surface area contributed by atoms with Gasteiger partial charge in [0.1, 0.15) is 0 Å². The van der Waals surface area contributed by atoms with Gasteiger partial charge < -0.3 is 9.64 Å². The van der Waals surface area contributed by atoms with Crippen molar-refractivity contribution in [3.63, 3.8) is 0 Å². The number of para-hydroxylation sites is 1. The van der Waals surface area contributed by atoms with Crippen molar-refractivity contribution in [2.75, 3.05) is 27.2 Å². The van der Waals surface area contributed by atoms with Crippen molar-refractivity contribution in [1.29, 1.82) is 0 Å². The van der Waals surface area contributed by atoms with Crippen LogP contribution >= 0.6 is 23.2 Å². The lowest BCUT2D eigenvalue weighted by Gasteiger charge is -2.41. The average molecular weight is 399 g/mol. The molecule has 1 unspecified atom stereocenters. The molecule has 0 radical (unpaired) electrons. The number of benzene rings is 1. The number of carbonyl (C=O) groups excluding carboxylic acids is 1. The van der Waals surface area contributed by atoms with Crippen LogP contribution in [0.4, 0.5) is 0 Å². The van der Waals surface area contributed by atoms with Gasteiger partial charge in [-0.15, -0.1) is 0 Å². The summed E-state index contributed by atoms with van der Waals surface area (Å²) in [4.78, 5) is 17.2. The molecule has 0 bridgehead atoms. The van der Waals surface area contributed by atoms with Gasteiger partial charge in [-0.1, -0.05) is 42.1 Å². The van der Waals surface area contributed by atoms with E-state index in [0.717, 1.165) is 32.4 Å². The molecule has 4 nitrogen and oxygen atoms in total. The van der Waals surface area contributed by atoms with Gasteiger partial charge in [-0.05, 0) is 50.9 Å². The second-order valence-electron chi connectivity index (χ2n) is 7.58. The van der Waals surface area contributed by atoms with Crippen LogP contribution in [0.15, 0.2) is 18.2 Å². The summed E-state index contributed by atoms with van der Waals surface area (Å²) >= 11 is 12.6. The van der Waals surface area contributed by atoms with Crippen LogP contribution in [0.1, 0.15) is 38.5 Å². The zero-order chi connectivity index (χ0) is 18.7. The Morgan fingerprint density at radius 2 is 1.73 bits per heavy atom. The van der Waals surface area contributed by atoms with Crippen LogP contribution in [0.3, 0.4) is 0 Å². The summed E-state index contributed by atoms with van der Waals surface area (Å²) < 4.78 is 6.25. The quantitative estimate of drug-likeness (QED) is 0.732. The van der Waals surface area contributed by atoms with Gasteiger partial charge in [0, 0.05) is 26.1 Å².